The summed E-state index contributed by atoms with van der Waals surface area (Å²) in [6.07, 6.45) is 3.36. The molecule has 0 spiro atoms. The maximum Gasteiger partial charge on any atom is 0.275 e. The van der Waals surface area contributed by atoms with Gasteiger partial charge >= 0.3 is 0 Å². The molecule has 1 aromatic carbocycles. The van der Waals surface area contributed by atoms with Crippen molar-refractivity contribution in [2.75, 3.05) is 5.32 Å². The van der Waals surface area contributed by atoms with Gasteiger partial charge in [-0.1, -0.05) is 17.7 Å². The van der Waals surface area contributed by atoms with E-state index in [1.165, 1.54) is 12.1 Å². The van der Waals surface area contributed by atoms with E-state index in [4.69, 9.17) is 11.6 Å². The van der Waals surface area contributed by atoms with Gasteiger partial charge < -0.3 is 9.72 Å². The minimum atomic E-state index is -0.588. The number of nitrogens with zero attached hydrogens (tertiary/aromatic N) is 2. The van der Waals surface area contributed by atoms with Crippen LogP contribution in [0, 0.1) is 5.82 Å². The van der Waals surface area contributed by atoms with Crippen molar-refractivity contribution in [2.24, 2.45) is 0 Å². The van der Waals surface area contributed by atoms with Crippen LogP contribution in [0.15, 0.2) is 48.8 Å². The average Bonchev–Trinajstić information content (AvgIpc) is 2.86. The number of hydrogen-bond donors (Lipinski definition) is 1. The fourth-order valence-electron chi connectivity index (χ4n) is 1.82. The zero-order valence-electron chi connectivity index (χ0n) is 10.2. The highest BCUT2D eigenvalue weighted by Crippen LogP contribution is 2.19. The molecule has 0 aliphatic heterocycles. The largest absolute Gasteiger partial charge is 0.318 e. The third kappa shape index (κ3) is 2.35. The number of benzene rings is 1. The smallest absolute Gasteiger partial charge is 0.275 e. The number of fused-ring (bicyclic) bond motifs is 1. The van der Waals surface area contributed by atoms with E-state index >= 15 is 0 Å². The highest BCUT2D eigenvalue weighted by molar-refractivity contribution is 6.30. The Labute approximate surface area is 118 Å². The lowest BCUT2D eigenvalue weighted by atomic mass is 10.3. The van der Waals surface area contributed by atoms with Crippen LogP contribution in [0.3, 0.4) is 0 Å². The molecule has 1 amide bonds. The van der Waals surface area contributed by atoms with Gasteiger partial charge in [-0.2, -0.15) is 0 Å². The molecule has 20 heavy (non-hydrogen) atoms. The number of halogens is 2. The Morgan fingerprint density at radius 3 is 2.90 bits per heavy atom. The standard InChI is InChI=1S/C14H9ClFN3O/c15-9-4-5-11(10(16)7-9)18-14(20)12-8-19-6-2-1-3-13(19)17-12/h1-8H,(H,18,20). The van der Waals surface area contributed by atoms with Crippen LogP contribution in [0.25, 0.3) is 5.65 Å². The first-order valence-corrected chi connectivity index (χ1v) is 6.21. The van der Waals surface area contributed by atoms with Gasteiger partial charge in [0.05, 0.1) is 5.69 Å². The lowest BCUT2D eigenvalue weighted by Gasteiger charge is -2.04. The molecule has 0 aliphatic rings. The van der Waals surface area contributed by atoms with Gasteiger partial charge in [-0.3, -0.25) is 4.79 Å². The molecule has 0 radical (unpaired) electrons. The number of nitrogens with one attached hydrogen (secondary N) is 1. The van der Waals surface area contributed by atoms with E-state index in [0.29, 0.717) is 5.65 Å². The summed E-state index contributed by atoms with van der Waals surface area (Å²) in [4.78, 5) is 16.2. The molecule has 3 rings (SSSR count). The molecule has 0 saturated heterocycles. The number of rotatable bonds is 2. The molecule has 0 unspecified atom stereocenters. The number of anilines is 1. The third-order valence-electron chi connectivity index (χ3n) is 2.78. The van der Waals surface area contributed by atoms with Crippen LogP contribution in [0.1, 0.15) is 10.5 Å². The second-order valence-corrected chi connectivity index (χ2v) is 4.61. The fourth-order valence-corrected chi connectivity index (χ4v) is 1.98. The lowest BCUT2D eigenvalue weighted by molar-refractivity contribution is 0.102. The summed E-state index contributed by atoms with van der Waals surface area (Å²) in [6, 6.07) is 9.48. The molecule has 2 aromatic heterocycles. The molecule has 0 bridgehead atoms. The van der Waals surface area contributed by atoms with Crippen LogP contribution in [0.2, 0.25) is 5.02 Å². The van der Waals surface area contributed by atoms with E-state index in [1.807, 2.05) is 12.1 Å². The Balaban J connectivity index is 1.89. The first-order chi connectivity index (χ1) is 9.63. The summed E-state index contributed by atoms with van der Waals surface area (Å²) >= 11 is 5.66. The van der Waals surface area contributed by atoms with Crippen molar-refractivity contribution in [1.82, 2.24) is 9.38 Å². The number of hydrogen-bond acceptors (Lipinski definition) is 2. The number of pyridine rings is 1. The average molecular weight is 290 g/mol. The van der Waals surface area contributed by atoms with Gasteiger partial charge in [-0.05, 0) is 30.3 Å². The third-order valence-corrected chi connectivity index (χ3v) is 3.01. The Morgan fingerprint density at radius 1 is 1.30 bits per heavy atom. The van der Waals surface area contributed by atoms with Gasteiger partial charge in [0.25, 0.3) is 5.91 Å². The van der Waals surface area contributed by atoms with Gasteiger partial charge in [0.2, 0.25) is 0 Å². The summed E-state index contributed by atoms with van der Waals surface area (Å²) in [5.74, 6) is -1.07. The second kappa shape index (κ2) is 4.94. The summed E-state index contributed by atoms with van der Waals surface area (Å²) in [5, 5.41) is 2.74. The van der Waals surface area contributed by atoms with E-state index in [9.17, 15) is 9.18 Å². The van der Waals surface area contributed by atoms with Crippen LogP contribution >= 0.6 is 11.6 Å². The molecule has 100 valence electrons. The van der Waals surface area contributed by atoms with Crippen molar-refractivity contribution in [3.8, 4) is 0 Å². The molecule has 0 fully saturated rings. The van der Waals surface area contributed by atoms with Crippen LogP contribution in [-0.2, 0) is 0 Å². The molecule has 2 heterocycles. The first kappa shape index (κ1) is 12.6. The van der Waals surface area contributed by atoms with Gasteiger partial charge in [0.15, 0.2) is 0 Å². The van der Waals surface area contributed by atoms with E-state index in [0.717, 1.165) is 6.07 Å². The van der Waals surface area contributed by atoms with Crippen LogP contribution < -0.4 is 5.32 Å². The molecule has 3 aromatic rings. The minimum Gasteiger partial charge on any atom is -0.318 e. The number of carbonyl (C=O) groups excluding carboxylic acids is 1. The Morgan fingerprint density at radius 2 is 2.15 bits per heavy atom. The summed E-state index contributed by atoms with van der Waals surface area (Å²) in [5.41, 5.74) is 0.927. The van der Waals surface area contributed by atoms with Gasteiger partial charge in [-0.25, -0.2) is 9.37 Å². The highest BCUT2D eigenvalue weighted by atomic mass is 35.5. The number of amides is 1. The molecular formula is C14H9ClFN3O. The zero-order valence-corrected chi connectivity index (χ0v) is 10.9. The first-order valence-electron chi connectivity index (χ1n) is 5.83. The van der Waals surface area contributed by atoms with E-state index < -0.39 is 11.7 Å². The molecule has 0 atom stereocenters. The van der Waals surface area contributed by atoms with Crippen molar-refractivity contribution in [2.45, 2.75) is 0 Å². The predicted octanol–water partition coefficient (Wildman–Crippen LogP) is 3.38. The molecule has 4 nitrogen and oxygen atoms in total. The SMILES string of the molecule is O=C(Nc1ccc(Cl)cc1F)c1cn2ccccc2n1. The van der Waals surface area contributed by atoms with Crippen molar-refractivity contribution in [3.05, 3.63) is 65.3 Å². The summed E-state index contributed by atoms with van der Waals surface area (Å²) < 4.78 is 15.3. The highest BCUT2D eigenvalue weighted by Gasteiger charge is 2.13. The van der Waals surface area contributed by atoms with Gasteiger partial charge in [-0.15, -0.1) is 0 Å². The van der Waals surface area contributed by atoms with E-state index in [-0.39, 0.29) is 16.4 Å². The monoisotopic (exact) mass is 289 g/mol. The molecule has 0 saturated carbocycles. The predicted molar refractivity (Wildman–Crippen MR) is 74.6 cm³/mol. The summed E-state index contributed by atoms with van der Waals surface area (Å²) in [7, 11) is 0. The Hall–Kier alpha value is -2.40. The second-order valence-electron chi connectivity index (χ2n) is 4.17. The molecular weight excluding hydrogens is 281 g/mol. The quantitative estimate of drug-likeness (QED) is 0.786. The van der Waals surface area contributed by atoms with Gasteiger partial charge in [0, 0.05) is 17.4 Å². The van der Waals surface area contributed by atoms with Crippen LogP contribution in [-0.4, -0.2) is 15.3 Å². The molecule has 6 heteroatoms. The number of carbonyl (C=O) groups is 1. The number of imidazole rings is 1. The fraction of sp³-hybridized carbons (Fsp3) is 0. The minimum absolute atomic E-state index is 0.0662. The summed E-state index contributed by atoms with van der Waals surface area (Å²) in [6.45, 7) is 0. The lowest BCUT2D eigenvalue weighted by Crippen LogP contribution is -2.13. The normalized spacial score (nSPS) is 10.7. The Kier molecular flexibility index (Phi) is 3.12. The maximum absolute atomic E-state index is 13.6. The van der Waals surface area contributed by atoms with Crippen LogP contribution in [0.4, 0.5) is 10.1 Å². The topological polar surface area (TPSA) is 46.4 Å². The van der Waals surface area contributed by atoms with E-state index in [1.54, 1.807) is 22.9 Å². The van der Waals surface area contributed by atoms with Crippen LogP contribution in [0.5, 0.6) is 0 Å². The van der Waals surface area contributed by atoms with Gasteiger partial charge in [0.1, 0.15) is 17.2 Å². The van der Waals surface area contributed by atoms with Crippen molar-refractivity contribution in [1.29, 1.82) is 0 Å². The molecule has 1 N–H and O–H groups in total. The zero-order chi connectivity index (χ0) is 14.1. The maximum atomic E-state index is 13.6. The van der Waals surface area contributed by atoms with E-state index in [2.05, 4.69) is 10.3 Å². The Bertz CT molecular complexity index is 767. The van der Waals surface area contributed by atoms with Crippen molar-refractivity contribution in [3.63, 3.8) is 0 Å². The van der Waals surface area contributed by atoms with Crippen molar-refractivity contribution < 1.29 is 9.18 Å². The molecule has 0 aliphatic carbocycles. The number of aromatic nitrogens is 2. The van der Waals surface area contributed by atoms with Crippen molar-refractivity contribution >= 4 is 28.8 Å².